The Hall–Kier alpha value is -1.22. The number of benzene rings is 1. The molecule has 3 nitrogen and oxygen atoms in total. The van der Waals surface area contributed by atoms with E-state index in [4.69, 9.17) is 15.2 Å². The Balaban J connectivity index is 2.89. The van der Waals surface area contributed by atoms with E-state index in [-0.39, 0.29) is 0 Å². The van der Waals surface area contributed by atoms with Crippen LogP contribution in [0.25, 0.3) is 0 Å². The fourth-order valence-electron chi connectivity index (χ4n) is 1.01. The number of methoxy groups -OCH3 is 2. The van der Waals surface area contributed by atoms with Crippen molar-refractivity contribution in [1.82, 2.24) is 0 Å². The highest BCUT2D eigenvalue weighted by Gasteiger charge is 1.99. The Morgan fingerprint density at radius 2 is 2.08 bits per heavy atom. The summed E-state index contributed by atoms with van der Waals surface area (Å²) in [6.45, 7) is 0.580. The van der Waals surface area contributed by atoms with Crippen molar-refractivity contribution in [3.05, 3.63) is 23.8 Å². The van der Waals surface area contributed by atoms with Crippen LogP contribution in [0.4, 0.5) is 5.69 Å². The highest BCUT2D eigenvalue weighted by molar-refractivity contribution is 5.53. The van der Waals surface area contributed by atoms with Crippen molar-refractivity contribution in [2.75, 3.05) is 20.0 Å². The van der Waals surface area contributed by atoms with E-state index in [1.807, 2.05) is 18.2 Å². The summed E-state index contributed by atoms with van der Waals surface area (Å²) in [5, 5.41) is 0. The van der Waals surface area contributed by atoms with E-state index < -0.39 is 0 Å². The molecule has 0 saturated carbocycles. The van der Waals surface area contributed by atoms with Crippen LogP contribution in [-0.2, 0) is 11.3 Å². The number of rotatable bonds is 3. The SMILES string of the molecule is COCc1ccc(N)c(OC)c1. The van der Waals surface area contributed by atoms with Gasteiger partial charge in [-0.15, -0.1) is 0 Å². The number of hydrogen-bond acceptors (Lipinski definition) is 3. The molecule has 0 saturated heterocycles. The van der Waals surface area contributed by atoms with Crippen LogP contribution in [0.5, 0.6) is 5.75 Å². The van der Waals surface area contributed by atoms with Gasteiger partial charge in [-0.1, -0.05) is 6.07 Å². The molecule has 0 spiro atoms. The molecule has 0 bridgehead atoms. The van der Waals surface area contributed by atoms with Gasteiger partial charge in [0.05, 0.1) is 19.4 Å². The molecule has 0 amide bonds. The predicted octanol–water partition coefficient (Wildman–Crippen LogP) is 1.42. The monoisotopic (exact) mass is 167 g/mol. The van der Waals surface area contributed by atoms with Crippen LogP contribution in [0.15, 0.2) is 18.2 Å². The van der Waals surface area contributed by atoms with Crippen LogP contribution in [-0.4, -0.2) is 14.2 Å². The molecular weight excluding hydrogens is 154 g/mol. The lowest BCUT2D eigenvalue weighted by molar-refractivity contribution is 0.184. The van der Waals surface area contributed by atoms with E-state index >= 15 is 0 Å². The maximum atomic E-state index is 5.63. The molecule has 0 heterocycles. The van der Waals surface area contributed by atoms with Crippen LogP contribution in [0.3, 0.4) is 0 Å². The summed E-state index contributed by atoms with van der Waals surface area (Å²) < 4.78 is 10.0. The van der Waals surface area contributed by atoms with Crippen LogP contribution in [0, 0.1) is 0 Å². The molecule has 0 unspecified atom stereocenters. The zero-order chi connectivity index (χ0) is 8.97. The number of nitrogen functional groups attached to an aromatic ring is 1. The third kappa shape index (κ3) is 1.89. The van der Waals surface area contributed by atoms with Crippen LogP contribution >= 0.6 is 0 Å². The fourth-order valence-corrected chi connectivity index (χ4v) is 1.01. The number of anilines is 1. The van der Waals surface area contributed by atoms with Crippen LogP contribution in [0.2, 0.25) is 0 Å². The van der Waals surface area contributed by atoms with Gasteiger partial charge in [0.25, 0.3) is 0 Å². The van der Waals surface area contributed by atoms with Gasteiger partial charge in [0, 0.05) is 7.11 Å². The van der Waals surface area contributed by atoms with Gasteiger partial charge in [0.1, 0.15) is 5.75 Å². The quantitative estimate of drug-likeness (QED) is 0.692. The lowest BCUT2D eigenvalue weighted by atomic mass is 10.2. The first-order chi connectivity index (χ1) is 5.77. The number of nitrogens with two attached hydrogens (primary N) is 1. The molecule has 0 aliphatic carbocycles. The van der Waals surface area contributed by atoms with Gasteiger partial charge >= 0.3 is 0 Å². The molecule has 2 N–H and O–H groups in total. The van der Waals surface area contributed by atoms with E-state index in [0.717, 1.165) is 5.56 Å². The van der Waals surface area contributed by atoms with Gasteiger partial charge in [-0.25, -0.2) is 0 Å². The first kappa shape index (κ1) is 8.87. The molecule has 1 aromatic rings. The third-order valence-corrected chi connectivity index (χ3v) is 1.61. The van der Waals surface area contributed by atoms with E-state index in [9.17, 15) is 0 Å². The zero-order valence-corrected chi connectivity index (χ0v) is 7.33. The minimum atomic E-state index is 0.580. The molecule has 0 aromatic heterocycles. The molecule has 66 valence electrons. The molecular formula is C9H13NO2. The molecule has 3 heteroatoms. The lowest BCUT2D eigenvalue weighted by Gasteiger charge is -2.06. The topological polar surface area (TPSA) is 44.5 Å². The Labute approximate surface area is 72.1 Å². The fraction of sp³-hybridized carbons (Fsp3) is 0.333. The Morgan fingerprint density at radius 3 is 2.67 bits per heavy atom. The minimum Gasteiger partial charge on any atom is -0.495 e. The minimum absolute atomic E-state index is 0.580. The van der Waals surface area contributed by atoms with E-state index in [0.29, 0.717) is 18.0 Å². The zero-order valence-electron chi connectivity index (χ0n) is 7.33. The number of ether oxygens (including phenoxy) is 2. The molecule has 0 fully saturated rings. The molecule has 0 aliphatic rings. The second kappa shape index (κ2) is 3.97. The van der Waals surface area contributed by atoms with Gasteiger partial charge in [-0.3, -0.25) is 0 Å². The Bertz CT molecular complexity index is 261. The van der Waals surface area contributed by atoms with Crippen LogP contribution < -0.4 is 10.5 Å². The maximum absolute atomic E-state index is 5.63. The maximum Gasteiger partial charge on any atom is 0.142 e. The smallest absolute Gasteiger partial charge is 0.142 e. The first-order valence-corrected chi connectivity index (χ1v) is 3.69. The summed E-state index contributed by atoms with van der Waals surface area (Å²) in [7, 11) is 3.26. The van der Waals surface area contributed by atoms with Gasteiger partial charge in [-0.05, 0) is 17.7 Å². The van der Waals surface area contributed by atoms with Gasteiger partial charge in [0.15, 0.2) is 0 Å². The summed E-state index contributed by atoms with van der Waals surface area (Å²) in [4.78, 5) is 0. The second-order valence-corrected chi connectivity index (χ2v) is 2.51. The van der Waals surface area contributed by atoms with E-state index in [1.165, 1.54) is 0 Å². The van der Waals surface area contributed by atoms with Crippen molar-refractivity contribution < 1.29 is 9.47 Å². The standard InChI is InChI=1S/C9H13NO2/c1-11-6-7-3-4-8(10)9(5-7)12-2/h3-5H,6,10H2,1-2H3. The normalized spacial score (nSPS) is 9.83. The average molecular weight is 167 g/mol. The van der Waals surface area contributed by atoms with Gasteiger partial charge in [-0.2, -0.15) is 0 Å². The van der Waals surface area contributed by atoms with Crippen molar-refractivity contribution >= 4 is 5.69 Å². The van der Waals surface area contributed by atoms with E-state index in [1.54, 1.807) is 14.2 Å². The summed E-state index contributed by atoms with van der Waals surface area (Å²) >= 11 is 0. The highest BCUT2D eigenvalue weighted by Crippen LogP contribution is 2.22. The lowest BCUT2D eigenvalue weighted by Crippen LogP contribution is -1.94. The predicted molar refractivity (Wildman–Crippen MR) is 48.1 cm³/mol. The van der Waals surface area contributed by atoms with E-state index in [2.05, 4.69) is 0 Å². The first-order valence-electron chi connectivity index (χ1n) is 3.69. The largest absolute Gasteiger partial charge is 0.495 e. The van der Waals surface area contributed by atoms with Gasteiger partial charge in [0.2, 0.25) is 0 Å². The van der Waals surface area contributed by atoms with Gasteiger partial charge < -0.3 is 15.2 Å². The highest BCUT2D eigenvalue weighted by atomic mass is 16.5. The summed E-state index contributed by atoms with van der Waals surface area (Å²) in [5.41, 5.74) is 7.34. The summed E-state index contributed by atoms with van der Waals surface area (Å²) in [6, 6.07) is 5.60. The second-order valence-electron chi connectivity index (χ2n) is 2.51. The van der Waals surface area contributed by atoms with Crippen molar-refractivity contribution in [1.29, 1.82) is 0 Å². The molecule has 0 aliphatic heterocycles. The molecule has 1 rings (SSSR count). The number of hydrogen-bond donors (Lipinski definition) is 1. The summed E-state index contributed by atoms with van der Waals surface area (Å²) in [6.07, 6.45) is 0. The average Bonchev–Trinajstić information content (AvgIpc) is 2.09. The molecule has 12 heavy (non-hydrogen) atoms. The van der Waals surface area contributed by atoms with Crippen molar-refractivity contribution in [2.24, 2.45) is 0 Å². The van der Waals surface area contributed by atoms with Crippen molar-refractivity contribution in [2.45, 2.75) is 6.61 Å². The summed E-state index contributed by atoms with van der Waals surface area (Å²) in [5.74, 6) is 0.699. The van der Waals surface area contributed by atoms with Crippen molar-refractivity contribution in [3.8, 4) is 5.75 Å². The molecule has 0 atom stereocenters. The molecule has 1 aromatic carbocycles. The molecule has 0 radical (unpaired) electrons. The van der Waals surface area contributed by atoms with Crippen LogP contribution in [0.1, 0.15) is 5.56 Å². The van der Waals surface area contributed by atoms with Crippen molar-refractivity contribution in [3.63, 3.8) is 0 Å². The Morgan fingerprint density at radius 1 is 1.33 bits per heavy atom. The Kier molecular flexibility index (Phi) is 2.94. The third-order valence-electron chi connectivity index (χ3n) is 1.61.